The topological polar surface area (TPSA) is 111 Å². The highest BCUT2D eigenvalue weighted by Crippen LogP contribution is 2.38. The second-order valence-electron chi connectivity index (χ2n) is 8.41. The highest BCUT2D eigenvalue weighted by molar-refractivity contribution is 6.31. The predicted molar refractivity (Wildman–Crippen MR) is 124 cm³/mol. The van der Waals surface area contributed by atoms with E-state index >= 15 is 0 Å². The van der Waals surface area contributed by atoms with Crippen molar-refractivity contribution in [3.05, 3.63) is 35.0 Å². The summed E-state index contributed by atoms with van der Waals surface area (Å²) in [6.45, 7) is 4.07. The molecule has 33 heavy (non-hydrogen) atoms. The molecule has 0 aliphatic heterocycles. The smallest absolute Gasteiger partial charge is 0.224 e. The molecule has 0 bridgehead atoms. The van der Waals surface area contributed by atoms with Crippen molar-refractivity contribution in [1.29, 1.82) is 0 Å². The number of carbonyl (C=O) groups is 1. The summed E-state index contributed by atoms with van der Waals surface area (Å²) < 4.78 is 30.9. The van der Waals surface area contributed by atoms with Crippen LogP contribution in [0.15, 0.2) is 18.3 Å². The van der Waals surface area contributed by atoms with Gasteiger partial charge in [0.2, 0.25) is 17.8 Å². The Hall–Kier alpha value is -3.01. The molecule has 4 rings (SSSR count). The van der Waals surface area contributed by atoms with Gasteiger partial charge in [0.1, 0.15) is 17.0 Å². The fourth-order valence-corrected chi connectivity index (χ4v) is 4.25. The number of hydrogen-bond donors (Lipinski definition) is 3. The van der Waals surface area contributed by atoms with Gasteiger partial charge in [0.15, 0.2) is 11.5 Å². The van der Waals surface area contributed by atoms with E-state index in [0.29, 0.717) is 42.8 Å². The number of carbonyl (C=O) groups excluding carboxylic acids is 1. The lowest BCUT2D eigenvalue weighted by Crippen LogP contribution is -2.29. The third-order valence-corrected chi connectivity index (χ3v) is 6.46. The Kier molecular flexibility index (Phi) is 6.64. The van der Waals surface area contributed by atoms with Crippen LogP contribution in [-0.2, 0) is 4.79 Å². The molecule has 1 atom stereocenters. The minimum atomic E-state index is -0.905. The monoisotopic (exact) mass is 477 g/mol. The fraction of sp³-hybridized carbons (Fsp3) is 0.455. The molecule has 1 amide bonds. The van der Waals surface area contributed by atoms with Gasteiger partial charge < -0.3 is 16.4 Å². The Bertz CT molecular complexity index is 1180. The van der Waals surface area contributed by atoms with Gasteiger partial charge in [0, 0.05) is 18.0 Å². The molecule has 1 aliphatic rings. The maximum atomic E-state index is 14.6. The Morgan fingerprint density at radius 3 is 2.67 bits per heavy atom. The lowest BCUT2D eigenvalue weighted by Gasteiger charge is -2.29. The van der Waals surface area contributed by atoms with E-state index in [1.165, 1.54) is 0 Å². The molecule has 0 radical (unpaired) electrons. The van der Waals surface area contributed by atoms with Crippen molar-refractivity contribution < 1.29 is 13.6 Å². The first-order valence-corrected chi connectivity index (χ1v) is 11.4. The van der Waals surface area contributed by atoms with Crippen LogP contribution in [0.2, 0.25) is 5.02 Å². The lowest BCUT2D eigenvalue weighted by atomic mass is 9.85. The van der Waals surface area contributed by atoms with E-state index in [-0.39, 0.29) is 34.9 Å². The number of imidazole rings is 1. The maximum Gasteiger partial charge on any atom is 0.224 e. The predicted octanol–water partition coefficient (Wildman–Crippen LogP) is 4.93. The first-order chi connectivity index (χ1) is 15.8. The molecule has 176 valence electrons. The lowest BCUT2D eigenvalue weighted by molar-refractivity contribution is -0.122. The highest BCUT2D eigenvalue weighted by Gasteiger charge is 2.29. The number of benzene rings is 1. The van der Waals surface area contributed by atoms with E-state index in [1.54, 1.807) is 6.20 Å². The standard InChI is InChI=1S/C22H26ClF2N7O/c1-3-11(2)28-21-27-10-16-20(31-21)32(13-6-4-12(5-7-13)19(26)33)22(29-16)30-18-15(24)9-8-14(23)17(18)25/h8-13H,3-7H2,1-2H3,(H2,26,33)(H,29,30)(H,27,28,31). The van der Waals surface area contributed by atoms with E-state index in [2.05, 4.69) is 25.6 Å². The number of nitrogens with zero attached hydrogens (tertiary/aromatic N) is 4. The van der Waals surface area contributed by atoms with Crippen LogP contribution in [0, 0.1) is 17.6 Å². The van der Waals surface area contributed by atoms with Crippen molar-refractivity contribution in [2.75, 3.05) is 10.6 Å². The number of fused-ring (bicyclic) bond motifs is 1. The SMILES string of the molecule is CCC(C)Nc1ncc2nc(Nc3c(F)ccc(Cl)c3F)n(C3CCC(C(N)=O)CC3)c2n1. The van der Waals surface area contributed by atoms with Gasteiger partial charge in [0.25, 0.3) is 0 Å². The zero-order valence-electron chi connectivity index (χ0n) is 18.4. The number of halogens is 3. The molecular weight excluding hydrogens is 452 g/mol. The zero-order valence-corrected chi connectivity index (χ0v) is 19.2. The second kappa shape index (κ2) is 9.46. The van der Waals surface area contributed by atoms with Gasteiger partial charge in [-0.2, -0.15) is 4.98 Å². The molecule has 8 nitrogen and oxygen atoms in total. The molecule has 1 unspecified atom stereocenters. The number of nitrogens with two attached hydrogens (primary N) is 1. The van der Waals surface area contributed by atoms with Crippen molar-refractivity contribution in [1.82, 2.24) is 19.5 Å². The van der Waals surface area contributed by atoms with Crippen molar-refractivity contribution >= 4 is 46.3 Å². The molecule has 0 spiro atoms. The Morgan fingerprint density at radius 1 is 1.27 bits per heavy atom. The Balaban J connectivity index is 1.78. The third-order valence-electron chi connectivity index (χ3n) is 6.17. The van der Waals surface area contributed by atoms with E-state index in [9.17, 15) is 13.6 Å². The molecule has 3 aromatic rings. The minimum absolute atomic E-state index is 0.0928. The molecule has 2 aromatic heterocycles. The van der Waals surface area contributed by atoms with E-state index in [0.717, 1.165) is 18.6 Å². The first kappa shape index (κ1) is 23.2. The van der Waals surface area contributed by atoms with Gasteiger partial charge >= 0.3 is 0 Å². The van der Waals surface area contributed by atoms with Crippen molar-refractivity contribution in [3.63, 3.8) is 0 Å². The number of hydrogen-bond acceptors (Lipinski definition) is 6. The number of amides is 1. The van der Waals surface area contributed by atoms with E-state index in [4.69, 9.17) is 17.3 Å². The van der Waals surface area contributed by atoms with Crippen LogP contribution in [-0.4, -0.2) is 31.5 Å². The van der Waals surface area contributed by atoms with Gasteiger partial charge in [0.05, 0.1) is 11.2 Å². The molecule has 11 heteroatoms. The summed E-state index contributed by atoms with van der Waals surface area (Å²) >= 11 is 5.86. The molecule has 1 saturated carbocycles. The fourth-order valence-electron chi connectivity index (χ4n) is 4.09. The largest absolute Gasteiger partial charge is 0.369 e. The Labute approximate surface area is 194 Å². The number of anilines is 3. The molecule has 1 fully saturated rings. The van der Waals surface area contributed by atoms with Crippen LogP contribution in [0.5, 0.6) is 0 Å². The van der Waals surface area contributed by atoms with Crippen molar-refractivity contribution in [2.45, 2.75) is 58.0 Å². The maximum absolute atomic E-state index is 14.6. The minimum Gasteiger partial charge on any atom is -0.369 e. The summed E-state index contributed by atoms with van der Waals surface area (Å²) in [5.74, 6) is -1.53. The van der Waals surface area contributed by atoms with Gasteiger partial charge in [-0.05, 0) is 51.2 Å². The normalized spacial score (nSPS) is 19.4. The highest BCUT2D eigenvalue weighted by atomic mass is 35.5. The summed E-state index contributed by atoms with van der Waals surface area (Å²) in [6.07, 6.45) is 4.98. The average Bonchev–Trinajstić information content (AvgIpc) is 3.16. The van der Waals surface area contributed by atoms with E-state index < -0.39 is 17.3 Å². The number of rotatable bonds is 7. The van der Waals surface area contributed by atoms with Gasteiger partial charge in [-0.15, -0.1) is 0 Å². The van der Waals surface area contributed by atoms with Crippen LogP contribution >= 0.6 is 11.6 Å². The van der Waals surface area contributed by atoms with Gasteiger partial charge in [-0.3, -0.25) is 9.36 Å². The van der Waals surface area contributed by atoms with Crippen LogP contribution in [0.1, 0.15) is 52.0 Å². The summed E-state index contributed by atoms with van der Waals surface area (Å²) in [7, 11) is 0. The molecule has 0 saturated heterocycles. The molecule has 4 N–H and O–H groups in total. The first-order valence-electron chi connectivity index (χ1n) is 11.0. The summed E-state index contributed by atoms with van der Waals surface area (Å²) in [5, 5.41) is 5.81. The average molecular weight is 478 g/mol. The van der Waals surface area contributed by atoms with E-state index in [1.807, 2.05) is 18.4 Å². The number of aromatic nitrogens is 4. The molecule has 1 aromatic carbocycles. The summed E-state index contributed by atoms with van der Waals surface area (Å²) in [6, 6.07) is 2.32. The molecular formula is C22H26ClF2N7O. The van der Waals surface area contributed by atoms with Crippen LogP contribution in [0.25, 0.3) is 11.2 Å². The summed E-state index contributed by atoms with van der Waals surface area (Å²) in [4.78, 5) is 25.1. The van der Waals surface area contributed by atoms with Crippen LogP contribution < -0.4 is 16.4 Å². The molecule has 2 heterocycles. The van der Waals surface area contributed by atoms with Crippen LogP contribution in [0.4, 0.5) is 26.4 Å². The Morgan fingerprint density at radius 2 is 2.00 bits per heavy atom. The molecule has 1 aliphatic carbocycles. The third kappa shape index (κ3) is 4.71. The van der Waals surface area contributed by atoms with Gasteiger partial charge in [-0.25, -0.2) is 18.7 Å². The number of nitrogens with one attached hydrogen (secondary N) is 2. The summed E-state index contributed by atoms with van der Waals surface area (Å²) in [5.41, 5.74) is 6.10. The van der Waals surface area contributed by atoms with Crippen molar-refractivity contribution in [2.24, 2.45) is 11.7 Å². The van der Waals surface area contributed by atoms with Crippen molar-refractivity contribution in [3.8, 4) is 0 Å². The number of primary amides is 1. The quantitative estimate of drug-likeness (QED) is 0.416. The van der Waals surface area contributed by atoms with Crippen LogP contribution in [0.3, 0.4) is 0 Å². The zero-order chi connectivity index (χ0) is 23.7. The van der Waals surface area contributed by atoms with Gasteiger partial charge in [-0.1, -0.05) is 18.5 Å². The second-order valence-corrected chi connectivity index (χ2v) is 8.82.